The van der Waals surface area contributed by atoms with Gasteiger partial charge in [0.15, 0.2) is 0 Å². The van der Waals surface area contributed by atoms with E-state index in [0.29, 0.717) is 11.5 Å². The summed E-state index contributed by atoms with van der Waals surface area (Å²) in [7, 11) is 0. The van der Waals surface area contributed by atoms with E-state index in [0.717, 1.165) is 17.8 Å². The van der Waals surface area contributed by atoms with Crippen molar-refractivity contribution in [2.45, 2.75) is 53.5 Å². The topological polar surface area (TPSA) is 12.4 Å². The van der Waals surface area contributed by atoms with E-state index in [2.05, 4.69) is 34.6 Å². The van der Waals surface area contributed by atoms with Crippen LogP contribution in [0.5, 0.6) is 0 Å². The molecule has 3 fully saturated rings. The highest BCUT2D eigenvalue weighted by Gasteiger charge is 2.56. The molecule has 0 unspecified atom stereocenters. The maximum atomic E-state index is 4.78. The van der Waals surface area contributed by atoms with Gasteiger partial charge in [0.25, 0.3) is 0 Å². The first-order valence-electron chi connectivity index (χ1n) is 5.94. The number of aliphatic imine (C=N–C) groups is 1. The maximum Gasteiger partial charge on any atom is 0.0529 e. The normalized spacial score (nSPS) is 44.1. The molecule has 3 aliphatic carbocycles. The van der Waals surface area contributed by atoms with Crippen molar-refractivity contribution in [3.63, 3.8) is 0 Å². The summed E-state index contributed by atoms with van der Waals surface area (Å²) in [6, 6.07) is 0.622. The monoisotopic (exact) mass is 193 g/mol. The molecule has 3 aliphatic rings. The van der Waals surface area contributed by atoms with Crippen molar-refractivity contribution in [2.75, 3.05) is 0 Å². The van der Waals surface area contributed by atoms with Crippen LogP contribution in [0, 0.1) is 23.2 Å². The van der Waals surface area contributed by atoms with Gasteiger partial charge in [-0.05, 0) is 49.9 Å². The van der Waals surface area contributed by atoms with Crippen LogP contribution in [-0.4, -0.2) is 11.8 Å². The third kappa shape index (κ3) is 1.32. The van der Waals surface area contributed by atoms with E-state index in [1.807, 2.05) is 0 Å². The number of hydrogen-bond acceptors (Lipinski definition) is 1. The molecule has 0 aliphatic heterocycles. The Morgan fingerprint density at radius 1 is 1.21 bits per heavy atom. The molecule has 0 aromatic carbocycles. The second kappa shape index (κ2) is 3.08. The van der Waals surface area contributed by atoms with Crippen molar-refractivity contribution in [3.05, 3.63) is 0 Å². The Kier molecular flexibility index (Phi) is 2.24. The van der Waals surface area contributed by atoms with Crippen molar-refractivity contribution >= 4 is 5.71 Å². The lowest BCUT2D eigenvalue weighted by atomic mass is 9.45. The Morgan fingerprint density at radius 3 is 2.29 bits per heavy atom. The minimum absolute atomic E-state index is 0.604. The van der Waals surface area contributed by atoms with Gasteiger partial charge >= 0.3 is 0 Å². The number of nitrogens with zero attached hydrogens (tertiary/aromatic N) is 1. The number of fused-ring (bicyclic) bond motifs is 2. The Hall–Kier alpha value is -0.330. The molecular weight excluding hydrogens is 170 g/mol. The molecule has 0 aromatic rings. The van der Waals surface area contributed by atoms with Crippen LogP contribution in [0.4, 0.5) is 0 Å². The molecule has 1 heteroatoms. The average molecular weight is 193 g/mol. The standard InChI is InChI=1S/C13H23N/c1-8(2)14-12-7-10-6-11(9(12)3)13(10,4)5/h9-12H,6-7H2,1-5H3/t9-,10-,11+,12-/m0/s1. The second-order valence-electron chi connectivity index (χ2n) is 6.10. The van der Waals surface area contributed by atoms with Crippen molar-refractivity contribution in [3.8, 4) is 0 Å². The van der Waals surface area contributed by atoms with Crippen LogP contribution in [-0.2, 0) is 0 Å². The van der Waals surface area contributed by atoms with Crippen LogP contribution >= 0.6 is 0 Å². The Bertz CT molecular complexity index is 260. The van der Waals surface area contributed by atoms with Gasteiger partial charge in [-0.25, -0.2) is 0 Å². The lowest BCUT2D eigenvalue weighted by Gasteiger charge is -2.61. The molecule has 0 aromatic heterocycles. The largest absolute Gasteiger partial charge is 0.291 e. The van der Waals surface area contributed by atoms with E-state index in [1.54, 1.807) is 0 Å². The zero-order valence-electron chi connectivity index (χ0n) is 10.2. The zero-order valence-corrected chi connectivity index (χ0v) is 10.2. The van der Waals surface area contributed by atoms with Gasteiger partial charge in [-0.1, -0.05) is 20.8 Å². The molecule has 14 heavy (non-hydrogen) atoms. The molecular formula is C13H23N. The van der Waals surface area contributed by atoms with Crippen LogP contribution in [0.3, 0.4) is 0 Å². The zero-order chi connectivity index (χ0) is 10.5. The van der Waals surface area contributed by atoms with Crippen molar-refractivity contribution in [2.24, 2.45) is 28.2 Å². The lowest BCUT2D eigenvalue weighted by molar-refractivity contribution is -0.108. The van der Waals surface area contributed by atoms with Crippen LogP contribution in [0.25, 0.3) is 0 Å². The Labute approximate surface area is 88.0 Å². The quantitative estimate of drug-likeness (QED) is 0.565. The van der Waals surface area contributed by atoms with Gasteiger partial charge in [-0.3, -0.25) is 4.99 Å². The first-order chi connectivity index (χ1) is 6.43. The van der Waals surface area contributed by atoms with E-state index in [4.69, 9.17) is 4.99 Å². The second-order valence-corrected chi connectivity index (χ2v) is 6.10. The summed E-state index contributed by atoms with van der Waals surface area (Å²) < 4.78 is 0. The SMILES string of the molecule is CC(C)=N[C@H]1C[C@@H]2C[C@H]([C@@H]1C)C2(C)C. The van der Waals surface area contributed by atoms with E-state index in [9.17, 15) is 0 Å². The maximum absolute atomic E-state index is 4.78. The minimum Gasteiger partial charge on any atom is -0.291 e. The fraction of sp³-hybridized carbons (Fsp3) is 0.923. The van der Waals surface area contributed by atoms with E-state index in [-0.39, 0.29) is 0 Å². The van der Waals surface area contributed by atoms with Crippen LogP contribution < -0.4 is 0 Å². The van der Waals surface area contributed by atoms with Gasteiger partial charge in [0.1, 0.15) is 0 Å². The van der Waals surface area contributed by atoms with Gasteiger partial charge in [-0.2, -0.15) is 0 Å². The van der Waals surface area contributed by atoms with E-state index in [1.165, 1.54) is 18.6 Å². The molecule has 2 bridgehead atoms. The molecule has 0 spiro atoms. The fourth-order valence-electron chi connectivity index (χ4n) is 3.62. The smallest absolute Gasteiger partial charge is 0.0529 e. The van der Waals surface area contributed by atoms with Crippen molar-refractivity contribution in [1.29, 1.82) is 0 Å². The highest BCUT2D eigenvalue weighted by molar-refractivity contribution is 5.79. The van der Waals surface area contributed by atoms with Crippen molar-refractivity contribution < 1.29 is 0 Å². The third-order valence-corrected chi connectivity index (χ3v) is 4.74. The molecule has 4 atom stereocenters. The summed E-state index contributed by atoms with van der Waals surface area (Å²) in [5.41, 5.74) is 1.86. The van der Waals surface area contributed by atoms with E-state index < -0.39 is 0 Å². The highest BCUT2D eigenvalue weighted by atomic mass is 14.8. The molecule has 1 nitrogen and oxygen atoms in total. The summed E-state index contributed by atoms with van der Waals surface area (Å²) in [4.78, 5) is 4.78. The Morgan fingerprint density at radius 2 is 1.86 bits per heavy atom. The first-order valence-corrected chi connectivity index (χ1v) is 5.94. The summed E-state index contributed by atoms with van der Waals surface area (Å²) in [5, 5.41) is 0. The van der Waals surface area contributed by atoms with Gasteiger partial charge in [0, 0.05) is 5.71 Å². The lowest BCUT2D eigenvalue weighted by Crippen LogP contribution is -2.56. The molecule has 0 N–H and O–H groups in total. The van der Waals surface area contributed by atoms with Crippen LogP contribution in [0.15, 0.2) is 4.99 Å². The molecule has 0 amide bonds. The minimum atomic E-state index is 0.604. The van der Waals surface area contributed by atoms with Crippen molar-refractivity contribution in [1.82, 2.24) is 0 Å². The molecule has 80 valence electrons. The van der Waals surface area contributed by atoms with Crippen LogP contribution in [0.1, 0.15) is 47.5 Å². The van der Waals surface area contributed by atoms with E-state index >= 15 is 0 Å². The number of rotatable bonds is 1. The summed E-state index contributed by atoms with van der Waals surface area (Å²) >= 11 is 0. The summed E-state index contributed by atoms with van der Waals surface area (Å²) in [5.74, 6) is 2.66. The molecule has 0 saturated heterocycles. The molecule has 0 heterocycles. The molecule has 3 rings (SSSR count). The fourth-order valence-corrected chi connectivity index (χ4v) is 3.62. The van der Waals surface area contributed by atoms with Gasteiger partial charge in [0.05, 0.1) is 6.04 Å². The van der Waals surface area contributed by atoms with Gasteiger partial charge in [-0.15, -0.1) is 0 Å². The first kappa shape index (κ1) is 10.2. The van der Waals surface area contributed by atoms with Gasteiger partial charge < -0.3 is 0 Å². The number of hydrogen-bond donors (Lipinski definition) is 0. The molecule has 0 radical (unpaired) electrons. The average Bonchev–Trinajstić information content (AvgIpc) is 2.06. The third-order valence-electron chi connectivity index (χ3n) is 4.74. The predicted octanol–water partition coefficient (Wildman–Crippen LogP) is 3.54. The van der Waals surface area contributed by atoms with Crippen LogP contribution in [0.2, 0.25) is 0 Å². The summed E-state index contributed by atoms with van der Waals surface area (Å²) in [6.07, 6.45) is 2.79. The summed E-state index contributed by atoms with van der Waals surface area (Å²) in [6.45, 7) is 11.5. The highest BCUT2D eigenvalue weighted by Crippen LogP contribution is 2.61. The molecule has 3 saturated carbocycles. The Balaban J connectivity index is 2.12. The predicted molar refractivity (Wildman–Crippen MR) is 61.7 cm³/mol. The van der Waals surface area contributed by atoms with Gasteiger partial charge in [0.2, 0.25) is 0 Å².